The third-order valence-corrected chi connectivity index (χ3v) is 5.14. The molecule has 3 aromatic rings. The number of rotatable bonds is 5. The van der Waals surface area contributed by atoms with E-state index in [1.54, 1.807) is 10.8 Å². The zero-order chi connectivity index (χ0) is 19.7. The number of piperazine rings is 1. The van der Waals surface area contributed by atoms with Crippen LogP contribution in [0.2, 0.25) is 0 Å². The first-order chi connectivity index (χ1) is 13.5. The van der Waals surface area contributed by atoms with Gasteiger partial charge in [-0.3, -0.25) is 9.69 Å². The molecule has 0 aliphatic carbocycles. The van der Waals surface area contributed by atoms with Crippen molar-refractivity contribution in [3.63, 3.8) is 0 Å². The lowest BCUT2D eigenvalue weighted by atomic mass is 10.2. The van der Waals surface area contributed by atoms with Gasteiger partial charge in [-0.05, 0) is 30.5 Å². The maximum absolute atomic E-state index is 13.1. The van der Waals surface area contributed by atoms with E-state index in [-0.39, 0.29) is 5.91 Å². The third-order valence-electron chi connectivity index (χ3n) is 5.14. The van der Waals surface area contributed by atoms with Gasteiger partial charge in [-0.15, -0.1) is 0 Å². The lowest BCUT2D eigenvalue weighted by Gasteiger charge is -2.35. The second-order valence-corrected chi connectivity index (χ2v) is 7.75. The van der Waals surface area contributed by atoms with E-state index in [0.717, 1.165) is 50.5 Å². The van der Waals surface area contributed by atoms with E-state index in [1.807, 2.05) is 29.2 Å². The van der Waals surface area contributed by atoms with Crippen molar-refractivity contribution in [2.24, 2.45) is 5.92 Å². The van der Waals surface area contributed by atoms with Crippen molar-refractivity contribution in [3.8, 4) is 11.5 Å². The normalized spacial score (nSPS) is 15.6. The smallest absolute Gasteiger partial charge is 0.272 e. The van der Waals surface area contributed by atoms with E-state index in [2.05, 4.69) is 35.8 Å². The molecular formula is C21H27N5O2. The van der Waals surface area contributed by atoms with Gasteiger partial charge in [0.05, 0.1) is 6.26 Å². The van der Waals surface area contributed by atoms with E-state index >= 15 is 0 Å². The minimum Gasteiger partial charge on any atom is -0.463 e. The highest BCUT2D eigenvalue weighted by Crippen LogP contribution is 2.21. The molecule has 0 radical (unpaired) electrons. The Kier molecular flexibility index (Phi) is 5.17. The second-order valence-electron chi connectivity index (χ2n) is 7.75. The predicted molar refractivity (Wildman–Crippen MR) is 107 cm³/mol. The summed E-state index contributed by atoms with van der Waals surface area (Å²) >= 11 is 0. The number of fused-ring (bicyclic) bond motifs is 1. The molecule has 28 heavy (non-hydrogen) atoms. The average Bonchev–Trinajstić information content (AvgIpc) is 3.36. The zero-order valence-electron chi connectivity index (χ0n) is 16.8. The lowest BCUT2D eigenvalue weighted by molar-refractivity contribution is 0.0618. The predicted octanol–water partition coefficient (Wildman–Crippen LogP) is 2.97. The summed E-state index contributed by atoms with van der Waals surface area (Å²) < 4.78 is 7.25. The van der Waals surface area contributed by atoms with Gasteiger partial charge in [0.25, 0.3) is 5.91 Å². The quantitative estimate of drug-likeness (QED) is 0.680. The number of hydrogen-bond donors (Lipinski definition) is 0. The van der Waals surface area contributed by atoms with Gasteiger partial charge in [-0.1, -0.05) is 20.8 Å². The highest BCUT2D eigenvalue weighted by molar-refractivity contribution is 5.93. The molecule has 0 unspecified atom stereocenters. The van der Waals surface area contributed by atoms with Crippen molar-refractivity contribution in [1.29, 1.82) is 0 Å². The van der Waals surface area contributed by atoms with Crippen LogP contribution in [0, 0.1) is 5.92 Å². The van der Waals surface area contributed by atoms with Crippen LogP contribution in [0.3, 0.4) is 0 Å². The Morgan fingerprint density at radius 3 is 2.64 bits per heavy atom. The fraction of sp³-hybridized carbons (Fsp3) is 0.476. The number of aromatic nitrogens is 3. The summed E-state index contributed by atoms with van der Waals surface area (Å²) in [5, 5.41) is 4.61. The van der Waals surface area contributed by atoms with E-state index in [9.17, 15) is 4.79 Å². The van der Waals surface area contributed by atoms with Crippen molar-refractivity contribution in [2.45, 2.75) is 27.2 Å². The van der Waals surface area contributed by atoms with Gasteiger partial charge in [-0.2, -0.15) is 5.10 Å². The van der Waals surface area contributed by atoms with Crippen molar-refractivity contribution in [3.05, 3.63) is 41.9 Å². The summed E-state index contributed by atoms with van der Waals surface area (Å²) in [5.74, 6) is 1.34. The van der Waals surface area contributed by atoms with Crippen LogP contribution < -0.4 is 0 Å². The third kappa shape index (κ3) is 3.67. The van der Waals surface area contributed by atoms with Crippen LogP contribution in [0.5, 0.6) is 0 Å². The Bertz CT molecular complexity index is 953. The second kappa shape index (κ2) is 7.75. The van der Waals surface area contributed by atoms with Gasteiger partial charge in [0.2, 0.25) is 0 Å². The molecule has 148 valence electrons. The van der Waals surface area contributed by atoms with Crippen LogP contribution in [-0.2, 0) is 6.42 Å². The van der Waals surface area contributed by atoms with Crippen molar-refractivity contribution in [1.82, 2.24) is 24.4 Å². The molecule has 1 amide bonds. The van der Waals surface area contributed by atoms with Crippen LogP contribution in [-0.4, -0.2) is 63.0 Å². The molecule has 4 heterocycles. The number of aryl methyl sites for hydroxylation is 1. The lowest BCUT2D eigenvalue weighted by Crippen LogP contribution is -2.49. The number of carbonyl (C=O) groups excluding carboxylic acids is 1. The number of hydrogen-bond acceptors (Lipinski definition) is 5. The van der Waals surface area contributed by atoms with E-state index in [1.165, 1.54) is 0 Å². The van der Waals surface area contributed by atoms with Gasteiger partial charge in [0.15, 0.2) is 11.4 Å². The molecule has 0 aromatic carbocycles. The van der Waals surface area contributed by atoms with Crippen LogP contribution in [0.4, 0.5) is 0 Å². The maximum atomic E-state index is 13.1. The van der Waals surface area contributed by atoms with Gasteiger partial charge in [-0.25, -0.2) is 9.50 Å². The topological polar surface area (TPSA) is 66.9 Å². The molecule has 0 atom stereocenters. The summed E-state index contributed by atoms with van der Waals surface area (Å²) in [5.41, 5.74) is 2.85. The molecule has 3 aromatic heterocycles. The summed E-state index contributed by atoms with van der Waals surface area (Å²) in [4.78, 5) is 22.0. The first-order valence-electron chi connectivity index (χ1n) is 10.0. The van der Waals surface area contributed by atoms with Crippen LogP contribution in [0.15, 0.2) is 34.9 Å². The zero-order valence-corrected chi connectivity index (χ0v) is 16.8. The summed E-state index contributed by atoms with van der Waals surface area (Å²) in [6, 6.07) is 7.45. The Labute approximate surface area is 164 Å². The van der Waals surface area contributed by atoms with E-state index < -0.39 is 0 Å². The molecule has 0 spiro atoms. The van der Waals surface area contributed by atoms with E-state index in [4.69, 9.17) is 4.42 Å². The van der Waals surface area contributed by atoms with Crippen LogP contribution in [0.1, 0.15) is 37.0 Å². The fourth-order valence-corrected chi connectivity index (χ4v) is 3.75. The summed E-state index contributed by atoms with van der Waals surface area (Å²) in [6.45, 7) is 10.9. The Hall–Kier alpha value is -2.67. The standard InChI is InChI=1S/C21H27N5O2/c1-4-16-12-18(21(27)25-9-7-24(8-10-25)14-15(2)3)22-20-13-17(23-26(16)20)19-6-5-11-28-19/h5-6,11-13,15H,4,7-10,14H2,1-3H3. The molecule has 1 aliphatic rings. The van der Waals surface area contributed by atoms with Gasteiger partial charge in [0, 0.05) is 44.5 Å². The average molecular weight is 381 g/mol. The summed E-state index contributed by atoms with van der Waals surface area (Å²) in [7, 11) is 0. The molecule has 0 saturated carbocycles. The molecule has 7 nitrogen and oxygen atoms in total. The number of nitrogens with zero attached hydrogens (tertiary/aromatic N) is 5. The molecule has 7 heteroatoms. The minimum absolute atomic E-state index is 0.00199. The van der Waals surface area contributed by atoms with Crippen LogP contribution in [0.25, 0.3) is 17.1 Å². The fourth-order valence-electron chi connectivity index (χ4n) is 3.75. The van der Waals surface area contributed by atoms with Crippen molar-refractivity contribution < 1.29 is 9.21 Å². The van der Waals surface area contributed by atoms with Crippen molar-refractivity contribution in [2.75, 3.05) is 32.7 Å². The molecule has 0 N–H and O–H groups in total. The van der Waals surface area contributed by atoms with Gasteiger partial charge >= 0.3 is 0 Å². The number of amides is 1. The monoisotopic (exact) mass is 381 g/mol. The van der Waals surface area contributed by atoms with Gasteiger partial charge < -0.3 is 9.32 Å². The van der Waals surface area contributed by atoms with Crippen LogP contribution >= 0.6 is 0 Å². The number of carbonyl (C=O) groups is 1. The molecule has 0 bridgehead atoms. The SMILES string of the molecule is CCc1cc(C(=O)N2CCN(CC(C)C)CC2)nc2cc(-c3ccco3)nn12. The minimum atomic E-state index is 0.00199. The molecule has 1 saturated heterocycles. The van der Waals surface area contributed by atoms with Gasteiger partial charge in [0.1, 0.15) is 11.4 Å². The summed E-state index contributed by atoms with van der Waals surface area (Å²) in [6.07, 6.45) is 2.39. The molecule has 1 fully saturated rings. The first kappa shape index (κ1) is 18.7. The Morgan fingerprint density at radius 1 is 1.21 bits per heavy atom. The van der Waals surface area contributed by atoms with E-state index in [0.29, 0.717) is 23.0 Å². The highest BCUT2D eigenvalue weighted by atomic mass is 16.3. The highest BCUT2D eigenvalue weighted by Gasteiger charge is 2.24. The van der Waals surface area contributed by atoms with Crippen molar-refractivity contribution >= 4 is 11.6 Å². The number of furan rings is 1. The Morgan fingerprint density at radius 2 is 2.00 bits per heavy atom. The molecule has 4 rings (SSSR count). The molecular weight excluding hydrogens is 354 g/mol. The Balaban J connectivity index is 1.57. The molecule has 1 aliphatic heterocycles. The largest absolute Gasteiger partial charge is 0.463 e. The maximum Gasteiger partial charge on any atom is 0.272 e. The first-order valence-corrected chi connectivity index (χ1v) is 10.0.